The lowest BCUT2D eigenvalue weighted by Crippen LogP contribution is -2.57. The van der Waals surface area contributed by atoms with Gasteiger partial charge in [0.05, 0.1) is 13.3 Å². The molecule has 1 aliphatic heterocycles. The number of hydrogen-bond acceptors (Lipinski definition) is 5. The summed E-state index contributed by atoms with van der Waals surface area (Å²) in [4.78, 5) is 31.1. The molecule has 1 fully saturated rings. The summed E-state index contributed by atoms with van der Waals surface area (Å²) >= 11 is 0. The molecular formula is C16H21N5O3. The second kappa shape index (κ2) is 6.46. The molecule has 128 valence electrons. The maximum absolute atomic E-state index is 13.0. The lowest BCUT2D eigenvalue weighted by atomic mass is 10.00. The maximum Gasteiger partial charge on any atom is 0.274 e. The third-order valence-corrected chi connectivity index (χ3v) is 4.05. The summed E-state index contributed by atoms with van der Waals surface area (Å²) in [6, 6.07) is 2.95. The van der Waals surface area contributed by atoms with Gasteiger partial charge in [0.15, 0.2) is 11.3 Å². The van der Waals surface area contributed by atoms with Crippen molar-refractivity contribution in [2.24, 2.45) is 5.92 Å². The van der Waals surface area contributed by atoms with Gasteiger partial charge < -0.3 is 15.0 Å². The summed E-state index contributed by atoms with van der Waals surface area (Å²) in [5.41, 5.74) is 0.883. The van der Waals surface area contributed by atoms with Crippen LogP contribution in [0.25, 0.3) is 5.65 Å². The van der Waals surface area contributed by atoms with Crippen LogP contribution in [0.4, 0.5) is 0 Å². The minimum Gasteiger partial charge on any atom is -0.480 e. The zero-order chi connectivity index (χ0) is 17.3. The summed E-state index contributed by atoms with van der Waals surface area (Å²) in [6.45, 7) is 4.99. The number of fused-ring (bicyclic) bond motifs is 1. The molecule has 0 aliphatic carbocycles. The van der Waals surface area contributed by atoms with E-state index in [9.17, 15) is 9.59 Å². The number of rotatable bonds is 4. The Morgan fingerprint density at radius 1 is 1.46 bits per heavy atom. The number of carbonyl (C=O) groups excluding carboxylic acids is 2. The first-order valence-corrected chi connectivity index (χ1v) is 7.98. The second-order valence-corrected chi connectivity index (χ2v) is 6.22. The van der Waals surface area contributed by atoms with Gasteiger partial charge in [0.2, 0.25) is 11.8 Å². The third-order valence-electron chi connectivity index (χ3n) is 4.05. The van der Waals surface area contributed by atoms with E-state index >= 15 is 0 Å². The van der Waals surface area contributed by atoms with Crippen molar-refractivity contribution < 1.29 is 14.3 Å². The number of piperazine rings is 1. The molecular weight excluding hydrogens is 310 g/mol. The summed E-state index contributed by atoms with van der Waals surface area (Å²) in [6.07, 6.45) is 2.11. The Kier molecular flexibility index (Phi) is 4.37. The fourth-order valence-electron chi connectivity index (χ4n) is 2.90. The third kappa shape index (κ3) is 2.91. The molecule has 0 radical (unpaired) electrons. The fourth-order valence-corrected chi connectivity index (χ4v) is 2.90. The molecule has 8 heteroatoms. The predicted molar refractivity (Wildman–Crippen MR) is 86.8 cm³/mol. The van der Waals surface area contributed by atoms with Gasteiger partial charge in [-0.25, -0.2) is 9.50 Å². The molecule has 0 aromatic carbocycles. The van der Waals surface area contributed by atoms with Crippen LogP contribution in [0.2, 0.25) is 0 Å². The quantitative estimate of drug-likeness (QED) is 0.892. The minimum absolute atomic E-state index is 0.109. The lowest BCUT2D eigenvalue weighted by molar-refractivity contribution is -0.128. The molecule has 0 saturated carbocycles. The Bertz CT molecular complexity index is 770. The molecule has 24 heavy (non-hydrogen) atoms. The number of methoxy groups -OCH3 is 1. The topological polar surface area (TPSA) is 88.8 Å². The van der Waals surface area contributed by atoms with E-state index in [4.69, 9.17) is 4.74 Å². The van der Waals surface area contributed by atoms with Crippen LogP contribution < -0.4 is 10.1 Å². The monoisotopic (exact) mass is 331 g/mol. The van der Waals surface area contributed by atoms with Crippen LogP contribution in [0, 0.1) is 5.92 Å². The normalized spacial score (nSPS) is 18.1. The molecule has 3 rings (SSSR count). The Labute approximate surface area is 139 Å². The Balaban J connectivity index is 1.96. The van der Waals surface area contributed by atoms with E-state index in [0.29, 0.717) is 42.6 Å². The smallest absolute Gasteiger partial charge is 0.274 e. The van der Waals surface area contributed by atoms with Crippen molar-refractivity contribution in [2.45, 2.75) is 26.3 Å². The number of hydrogen-bond donors (Lipinski definition) is 1. The van der Waals surface area contributed by atoms with Gasteiger partial charge in [-0.3, -0.25) is 9.59 Å². The Morgan fingerprint density at radius 3 is 2.96 bits per heavy atom. The molecule has 2 aromatic rings. The Hall–Kier alpha value is -2.64. The minimum atomic E-state index is -0.470. The van der Waals surface area contributed by atoms with Crippen LogP contribution >= 0.6 is 0 Å². The summed E-state index contributed by atoms with van der Waals surface area (Å²) in [7, 11) is 1.51. The van der Waals surface area contributed by atoms with Gasteiger partial charge in [-0.1, -0.05) is 13.8 Å². The van der Waals surface area contributed by atoms with Gasteiger partial charge >= 0.3 is 0 Å². The first-order valence-electron chi connectivity index (χ1n) is 7.98. The molecule has 1 N–H and O–H groups in total. The SMILES string of the molecule is COc1ccc2ncc(C(=O)N3CCNC(=O)[C@H]3CC(C)C)n2n1. The average molecular weight is 331 g/mol. The molecule has 0 bridgehead atoms. The van der Waals surface area contributed by atoms with E-state index in [0.717, 1.165) is 0 Å². The number of nitrogens with one attached hydrogen (secondary N) is 1. The zero-order valence-corrected chi connectivity index (χ0v) is 14.0. The summed E-state index contributed by atoms with van der Waals surface area (Å²) in [5.74, 6) is 0.339. The molecule has 1 aliphatic rings. The molecule has 1 atom stereocenters. The molecule has 3 heterocycles. The zero-order valence-electron chi connectivity index (χ0n) is 14.0. The van der Waals surface area contributed by atoms with Crippen molar-refractivity contribution in [3.8, 4) is 5.88 Å². The predicted octanol–water partition coefficient (Wildman–Crippen LogP) is 0.725. The van der Waals surface area contributed by atoms with E-state index in [-0.39, 0.29) is 11.8 Å². The molecule has 0 spiro atoms. The van der Waals surface area contributed by atoms with Crippen LogP contribution in [-0.2, 0) is 4.79 Å². The van der Waals surface area contributed by atoms with E-state index in [1.807, 2.05) is 13.8 Å². The summed E-state index contributed by atoms with van der Waals surface area (Å²) < 4.78 is 6.57. The molecule has 8 nitrogen and oxygen atoms in total. The van der Waals surface area contributed by atoms with Crippen molar-refractivity contribution in [1.29, 1.82) is 0 Å². The average Bonchev–Trinajstić information content (AvgIpc) is 2.98. The number of aromatic nitrogens is 3. The molecule has 0 unspecified atom stereocenters. The second-order valence-electron chi connectivity index (χ2n) is 6.22. The fraction of sp³-hybridized carbons (Fsp3) is 0.500. The highest BCUT2D eigenvalue weighted by Crippen LogP contribution is 2.19. The number of imidazole rings is 1. The first-order chi connectivity index (χ1) is 11.5. The van der Waals surface area contributed by atoms with E-state index in [1.54, 1.807) is 17.0 Å². The van der Waals surface area contributed by atoms with Gasteiger partial charge in [0.25, 0.3) is 5.91 Å². The highest BCUT2D eigenvalue weighted by atomic mass is 16.5. The Morgan fingerprint density at radius 2 is 2.25 bits per heavy atom. The van der Waals surface area contributed by atoms with Crippen LogP contribution in [0.3, 0.4) is 0 Å². The standard InChI is InChI=1S/C16H21N5O3/c1-10(2)8-11-15(22)17-6-7-20(11)16(23)12-9-18-13-4-5-14(24-3)19-21(12)13/h4-5,9-11H,6-8H2,1-3H3,(H,17,22)/t11-/m1/s1. The molecule has 1 saturated heterocycles. The maximum atomic E-state index is 13.0. The van der Waals surface area contributed by atoms with Crippen LogP contribution in [-0.4, -0.2) is 57.6 Å². The van der Waals surface area contributed by atoms with Gasteiger partial charge in [0, 0.05) is 19.2 Å². The van der Waals surface area contributed by atoms with E-state index in [2.05, 4.69) is 15.4 Å². The largest absolute Gasteiger partial charge is 0.480 e. The van der Waals surface area contributed by atoms with Crippen LogP contribution in [0.15, 0.2) is 18.3 Å². The highest BCUT2D eigenvalue weighted by molar-refractivity contribution is 5.97. The number of amides is 2. The highest BCUT2D eigenvalue weighted by Gasteiger charge is 2.35. The lowest BCUT2D eigenvalue weighted by Gasteiger charge is -2.35. The van der Waals surface area contributed by atoms with Gasteiger partial charge in [-0.05, 0) is 18.4 Å². The first kappa shape index (κ1) is 16.2. The van der Waals surface area contributed by atoms with Crippen molar-refractivity contribution in [3.63, 3.8) is 0 Å². The van der Waals surface area contributed by atoms with Crippen LogP contribution in [0.5, 0.6) is 5.88 Å². The number of nitrogens with zero attached hydrogens (tertiary/aromatic N) is 4. The van der Waals surface area contributed by atoms with Gasteiger partial charge in [0.1, 0.15) is 6.04 Å². The van der Waals surface area contributed by atoms with Crippen molar-refractivity contribution in [2.75, 3.05) is 20.2 Å². The van der Waals surface area contributed by atoms with Crippen molar-refractivity contribution in [1.82, 2.24) is 24.8 Å². The van der Waals surface area contributed by atoms with E-state index < -0.39 is 6.04 Å². The van der Waals surface area contributed by atoms with Gasteiger partial charge in [-0.15, -0.1) is 5.10 Å². The number of carbonyl (C=O) groups is 2. The van der Waals surface area contributed by atoms with Crippen molar-refractivity contribution >= 4 is 17.5 Å². The molecule has 2 amide bonds. The van der Waals surface area contributed by atoms with Crippen molar-refractivity contribution in [3.05, 3.63) is 24.0 Å². The van der Waals surface area contributed by atoms with Crippen LogP contribution in [0.1, 0.15) is 30.8 Å². The molecule has 2 aromatic heterocycles. The summed E-state index contributed by atoms with van der Waals surface area (Å²) in [5, 5.41) is 7.09. The van der Waals surface area contributed by atoms with E-state index in [1.165, 1.54) is 17.8 Å². The van der Waals surface area contributed by atoms with Gasteiger partial charge in [-0.2, -0.15) is 0 Å². The number of ether oxygens (including phenoxy) is 1.